The van der Waals surface area contributed by atoms with E-state index in [1.54, 1.807) is 6.20 Å². The Morgan fingerprint density at radius 1 is 1.63 bits per heavy atom. The minimum Gasteiger partial charge on any atom is -0.481 e. The van der Waals surface area contributed by atoms with Gasteiger partial charge in [-0.3, -0.25) is 9.59 Å². The largest absolute Gasteiger partial charge is 0.481 e. The number of ether oxygens (including phenoxy) is 1. The SMILES string of the molecule is O=C(O)CSc1nc(=O)ccn1CCC1CCCO1. The fourth-order valence-electron chi connectivity index (χ4n) is 1.98. The second-order valence-corrected chi connectivity index (χ2v) is 5.29. The van der Waals surface area contributed by atoms with Gasteiger partial charge in [-0.1, -0.05) is 11.8 Å². The third kappa shape index (κ3) is 4.36. The molecule has 0 amide bonds. The van der Waals surface area contributed by atoms with Gasteiger partial charge in [0.1, 0.15) is 0 Å². The number of aliphatic carboxylic acids is 1. The van der Waals surface area contributed by atoms with E-state index in [0.717, 1.165) is 37.6 Å². The number of nitrogens with zero attached hydrogens (tertiary/aromatic N) is 2. The predicted molar refractivity (Wildman–Crippen MR) is 70.4 cm³/mol. The molecule has 1 aromatic rings. The van der Waals surface area contributed by atoms with Gasteiger partial charge in [-0.2, -0.15) is 4.98 Å². The first-order chi connectivity index (χ1) is 9.15. The van der Waals surface area contributed by atoms with E-state index in [1.807, 2.05) is 4.57 Å². The number of aryl methyl sites for hydroxylation is 1. The summed E-state index contributed by atoms with van der Waals surface area (Å²) < 4.78 is 7.36. The van der Waals surface area contributed by atoms with Crippen molar-refractivity contribution in [3.05, 3.63) is 22.6 Å². The van der Waals surface area contributed by atoms with Crippen LogP contribution in [-0.2, 0) is 16.1 Å². The predicted octanol–water partition coefficient (Wildman–Crippen LogP) is 0.989. The van der Waals surface area contributed by atoms with Crippen LogP contribution in [0.25, 0.3) is 0 Å². The number of rotatable bonds is 6. The number of carboxylic acids is 1. The van der Waals surface area contributed by atoms with Crippen LogP contribution in [0.2, 0.25) is 0 Å². The number of thioether (sulfide) groups is 1. The van der Waals surface area contributed by atoms with Crippen LogP contribution < -0.4 is 5.56 Å². The Labute approximate surface area is 114 Å². The molecule has 0 aliphatic carbocycles. The Morgan fingerprint density at radius 2 is 2.47 bits per heavy atom. The number of hydrogen-bond donors (Lipinski definition) is 1. The normalized spacial score (nSPS) is 18.6. The van der Waals surface area contributed by atoms with Crippen molar-refractivity contribution in [1.29, 1.82) is 0 Å². The van der Waals surface area contributed by atoms with Gasteiger partial charge in [0.2, 0.25) is 0 Å². The number of hydrogen-bond acceptors (Lipinski definition) is 5. The maximum absolute atomic E-state index is 11.2. The van der Waals surface area contributed by atoms with Crippen LogP contribution in [0.5, 0.6) is 0 Å². The highest BCUT2D eigenvalue weighted by molar-refractivity contribution is 7.99. The summed E-state index contributed by atoms with van der Waals surface area (Å²) in [6, 6.07) is 1.39. The van der Waals surface area contributed by atoms with Crippen molar-refractivity contribution in [1.82, 2.24) is 9.55 Å². The van der Waals surface area contributed by atoms with Gasteiger partial charge in [-0.05, 0) is 19.3 Å². The molecule has 0 radical (unpaired) electrons. The van der Waals surface area contributed by atoms with E-state index in [1.165, 1.54) is 6.07 Å². The molecule has 0 aromatic carbocycles. The third-order valence-electron chi connectivity index (χ3n) is 2.89. The Balaban J connectivity index is 2.00. The molecule has 1 saturated heterocycles. The highest BCUT2D eigenvalue weighted by Crippen LogP contribution is 2.18. The molecule has 1 N–H and O–H groups in total. The number of carbonyl (C=O) groups is 1. The van der Waals surface area contributed by atoms with Gasteiger partial charge in [-0.15, -0.1) is 0 Å². The van der Waals surface area contributed by atoms with Crippen LogP contribution >= 0.6 is 11.8 Å². The molecular formula is C12H16N2O4S. The first-order valence-corrected chi connectivity index (χ1v) is 7.17. The zero-order valence-electron chi connectivity index (χ0n) is 10.4. The van der Waals surface area contributed by atoms with Crippen LogP contribution in [0.4, 0.5) is 0 Å². The first kappa shape index (κ1) is 14.1. The number of carboxylic acid groups (broad SMARTS) is 1. The van der Waals surface area contributed by atoms with E-state index < -0.39 is 5.97 Å². The summed E-state index contributed by atoms with van der Waals surface area (Å²) in [7, 11) is 0. The molecule has 0 bridgehead atoms. The third-order valence-corrected chi connectivity index (χ3v) is 3.86. The average molecular weight is 284 g/mol. The fourth-order valence-corrected chi connectivity index (χ4v) is 2.71. The Kier molecular flexibility index (Phi) is 4.98. The molecule has 1 unspecified atom stereocenters. The molecule has 0 spiro atoms. The summed E-state index contributed by atoms with van der Waals surface area (Å²) in [6.07, 6.45) is 4.93. The van der Waals surface area contributed by atoms with E-state index in [-0.39, 0.29) is 17.4 Å². The Hall–Kier alpha value is -1.34. The Bertz CT molecular complexity index is 497. The molecule has 1 fully saturated rings. The molecule has 2 rings (SSSR count). The smallest absolute Gasteiger partial charge is 0.313 e. The van der Waals surface area contributed by atoms with E-state index in [0.29, 0.717) is 11.7 Å². The van der Waals surface area contributed by atoms with Crippen LogP contribution in [0, 0.1) is 0 Å². The lowest BCUT2D eigenvalue weighted by Crippen LogP contribution is -2.17. The summed E-state index contributed by atoms with van der Waals surface area (Å²) in [4.78, 5) is 25.7. The van der Waals surface area contributed by atoms with Gasteiger partial charge < -0.3 is 14.4 Å². The minimum absolute atomic E-state index is 0.101. The summed E-state index contributed by atoms with van der Waals surface area (Å²) in [5.74, 6) is -1.02. The van der Waals surface area contributed by atoms with Crippen molar-refractivity contribution >= 4 is 17.7 Å². The molecule has 6 nitrogen and oxygen atoms in total. The van der Waals surface area contributed by atoms with Crippen molar-refractivity contribution in [3.63, 3.8) is 0 Å². The van der Waals surface area contributed by atoms with Crippen molar-refractivity contribution in [2.75, 3.05) is 12.4 Å². The van der Waals surface area contributed by atoms with Gasteiger partial charge in [0.15, 0.2) is 5.16 Å². The molecule has 0 saturated carbocycles. The van der Waals surface area contributed by atoms with Gasteiger partial charge in [-0.25, -0.2) is 0 Å². The van der Waals surface area contributed by atoms with E-state index in [2.05, 4.69) is 4.98 Å². The van der Waals surface area contributed by atoms with Gasteiger partial charge >= 0.3 is 5.97 Å². The number of aromatic nitrogens is 2. The maximum atomic E-state index is 11.2. The lowest BCUT2D eigenvalue weighted by molar-refractivity contribution is -0.133. The maximum Gasteiger partial charge on any atom is 0.313 e. The summed E-state index contributed by atoms with van der Waals surface area (Å²) in [5.41, 5.74) is -0.346. The van der Waals surface area contributed by atoms with Crippen LogP contribution in [0.1, 0.15) is 19.3 Å². The second-order valence-electron chi connectivity index (χ2n) is 4.35. The zero-order valence-corrected chi connectivity index (χ0v) is 11.3. The van der Waals surface area contributed by atoms with E-state index in [4.69, 9.17) is 9.84 Å². The first-order valence-electron chi connectivity index (χ1n) is 6.19. The molecule has 7 heteroatoms. The lowest BCUT2D eigenvalue weighted by Gasteiger charge is -2.13. The molecule has 2 heterocycles. The molecule has 1 aliphatic rings. The standard InChI is InChI=1S/C12H16N2O4S/c15-10-4-6-14(5-3-9-2-1-7-18-9)12(13-10)19-8-11(16)17/h4,6,9H,1-3,5,7-8H2,(H,16,17). The topological polar surface area (TPSA) is 81.4 Å². The van der Waals surface area contributed by atoms with Gasteiger partial charge in [0.05, 0.1) is 11.9 Å². The van der Waals surface area contributed by atoms with Crippen LogP contribution in [0.15, 0.2) is 22.2 Å². The molecule has 1 aromatic heterocycles. The van der Waals surface area contributed by atoms with Crippen molar-refractivity contribution in [3.8, 4) is 0 Å². The molecule has 1 aliphatic heterocycles. The van der Waals surface area contributed by atoms with E-state index >= 15 is 0 Å². The van der Waals surface area contributed by atoms with Crippen molar-refractivity contribution in [2.45, 2.75) is 37.1 Å². The summed E-state index contributed by atoms with van der Waals surface area (Å²) in [6.45, 7) is 1.49. The highest BCUT2D eigenvalue weighted by atomic mass is 32.2. The second kappa shape index (κ2) is 6.72. The fraction of sp³-hybridized carbons (Fsp3) is 0.583. The monoisotopic (exact) mass is 284 g/mol. The van der Waals surface area contributed by atoms with Crippen molar-refractivity contribution < 1.29 is 14.6 Å². The molecule has 19 heavy (non-hydrogen) atoms. The molecular weight excluding hydrogens is 268 g/mol. The average Bonchev–Trinajstić information content (AvgIpc) is 2.88. The zero-order chi connectivity index (χ0) is 13.7. The molecule has 104 valence electrons. The van der Waals surface area contributed by atoms with Gasteiger partial charge in [0.25, 0.3) is 5.56 Å². The summed E-state index contributed by atoms with van der Waals surface area (Å²) in [5, 5.41) is 9.13. The van der Waals surface area contributed by atoms with Crippen molar-refractivity contribution in [2.24, 2.45) is 0 Å². The summed E-state index contributed by atoms with van der Waals surface area (Å²) >= 11 is 1.06. The molecule has 1 atom stereocenters. The van der Waals surface area contributed by atoms with Gasteiger partial charge in [0, 0.05) is 25.4 Å². The van der Waals surface area contributed by atoms with E-state index in [9.17, 15) is 9.59 Å². The Morgan fingerprint density at radius 3 is 3.16 bits per heavy atom. The van der Waals surface area contributed by atoms with Crippen LogP contribution in [-0.4, -0.2) is 39.1 Å². The highest BCUT2D eigenvalue weighted by Gasteiger charge is 2.16. The minimum atomic E-state index is -0.922. The quantitative estimate of drug-likeness (QED) is 0.619. The lowest BCUT2D eigenvalue weighted by atomic mass is 10.2. The van der Waals surface area contributed by atoms with Crippen LogP contribution in [0.3, 0.4) is 0 Å².